The molecule has 0 aliphatic carbocycles. The Morgan fingerprint density at radius 1 is 1.25 bits per heavy atom. The highest BCUT2D eigenvalue weighted by Crippen LogP contribution is 2.20. The minimum atomic E-state index is 0.290. The SMILES string of the molecule is Cc1nccc2ccc(O)cc12. The smallest absolute Gasteiger partial charge is 0.116 e. The van der Waals surface area contributed by atoms with Gasteiger partial charge >= 0.3 is 0 Å². The summed E-state index contributed by atoms with van der Waals surface area (Å²) < 4.78 is 0. The van der Waals surface area contributed by atoms with Crippen LogP contribution in [0.2, 0.25) is 0 Å². The molecule has 1 aromatic heterocycles. The zero-order valence-corrected chi connectivity index (χ0v) is 6.78. The number of rotatable bonds is 0. The predicted molar refractivity (Wildman–Crippen MR) is 48.1 cm³/mol. The summed E-state index contributed by atoms with van der Waals surface area (Å²) in [4.78, 5) is 4.14. The molecule has 0 spiro atoms. The van der Waals surface area contributed by atoms with Crippen molar-refractivity contribution >= 4 is 10.8 Å². The van der Waals surface area contributed by atoms with E-state index in [2.05, 4.69) is 4.98 Å². The van der Waals surface area contributed by atoms with Crippen LogP contribution >= 0.6 is 0 Å². The van der Waals surface area contributed by atoms with Crippen molar-refractivity contribution in [3.63, 3.8) is 0 Å². The summed E-state index contributed by atoms with van der Waals surface area (Å²) in [6, 6.07) is 7.24. The number of hydrogen-bond acceptors (Lipinski definition) is 2. The normalized spacial score (nSPS) is 10.4. The van der Waals surface area contributed by atoms with Crippen LogP contribution < -0.4 is 0 Å². The molecule has 0 bridgehead atoms. The molecule has 0 saturated heterocycles. The summed E-state index contributed by atoms with van der Waals surface area (Å²) in [5.41, 5.74) is 0.948. The first kappa shape index (κ1) is 7.10. The number of hydrogen-bond donors (Lipinski definition) is 1. The van der Waals surface area contributed by atoms with Crippen LogP contribution in [0.5, 0.6) is 5.75 Å². The number of aromatic nitrogens is 1. The van der Waals surface area contributed by atoms with Crippen LogP contribution in [0.1, 0.15) is 5.69 Å². The Morgan fingerprint density at radius 2 is 2.08 bits per heavy atom. The van der Waals surface area contributed by atoms with Crippen LogP contribution in [-0.4, -0.2) is 10.1 Å². The Labute approximate surface area is 70.5 Å². The van der Waals surface area contributed by atoms with Gasteiger partial charge in [-0.15, -0.1) is 0 Å². The Morgan fingerprint density at radius 3 is 2.92 bits per heavy atom. The lowest BCUT2D eigenvalue weighted by molar-refractivity contribution is 0.476. The van der Waals surface area contributed by atoms with Gasteiger partial charge in [0.2, 0.25) is 0 Å². The van der Waals surface area contributed by atoms with E-state index in [1.807, 2.05) is 19.1 Å². The van der Waals surface area contributed by atoms with Crippen molar-refractivity contribution in [2.45, 2.75) is 6.92 Å². The Kier molecular flexibility index (Phi) is 1.47. The maximum atomic E-state index is 9.23. The molecule has 2 nitrogen and oxygen atoms in total. The van der Waals surface area contributed by atoms with E-state index in [1.165, 1.54) is 0 Å². The maximum absolute atomic E-state index is 9.23. The van der Waals surface area contributed by atoms with Crippen LogP contribution in [0.3, 0.4) is 0 Å². The first-order chi connectivity index (χ1) is 5.77. The minimum Gasteiger partial charge on any atom is -0.508 e. The minimum absolute atomic E-state index is 0.290. The topological polar surface area (TPSA) is 33.1 Å². The van der Waals surface area contributed by atoms with Gasteiger partial charge < -0.3 is 5.11 Å². The molecule has 0 amide bonds. The van der Waals surface area contributed by atoms with Crippen molar-refractivity contribution in [1.29, 1.82) is 0 Å². The summed E-state index contributed by atoms with van der Waals surface area (Å²) in [6.07, 6.45) is 1.77. The third-order valence-electron chi connectivity index (χ3n) is 1.95. The average molecular weight is 159 g/mol. The third kappa shape index (κ3) is 1.01. The molecule has 0 aliphatic heterocycles. The lowest BCUT2D eigenvalue weighted by Crippen LogP contribution is -1.81. The first-order valence-electron chi connectivity index (χ1n) is 3.82. The van der Waals surface area contributed by atoms with Crippen molar-refractivity contribution in [2.24, 2.45) is 0 Å². The highest BCUT2D eigenvalue weighted by Gasteiger charge is 1.97. The molecular formula is C10H9NO. The van der Waals surface area contributed by atoms with Crippen molar-refractivity contribution in [3.8, 4) is 5.75 Å². The molecule has 0 aliphatic rings. The van der Waals surface area contributed by atoms with E-state index in [4.69, 9.17) is 0 Å². The quantitative estimate of drug-likeness (QED) is 0.639. The molecule has 1 heterocycles. The number of nitrogens with zero attached hydrogens (tertiary/aromatic N) is 1. The number of benzene rings is 1. The maximum Gasteiger partial charge on any atom is 0.116 e. The van der Waals surface area contributed by atoms with Gasteiger partial charge in [0.05, 0.1) is 0 Å². The molecule has 2 aromatic rings. The summed E-state index contributed by atoms with van der Waals surface area (Å²) >= 11 is 0. The Hall–Kier alpha value is -1.57. The standard InChI is InChI=1S/C10H9NO/c1-7-10-6-9(12)3-2-8(10)4-5-11-7/h2-6,12H,1H3. The number of fused-ring (bicyclic) bond motifs is 1. The Balaban J connectivity index is 2.88. The molecule has 1 aromatic carbocycles. The molecule has 0 radical (unpaired) electrons. The van der Waals surface area contributed by atoms with Gasteiger partial charge in [-0.25, -0.2) is 0 Å². The van der Waals surface area contributed by atoms with E-state index < -0.39 is 0 Å². The number of phenols is 1. The van der Waals surface area contributed by atoms with Gasteiger partial charge in [0, 0.05) is 17.3 Å². The molecule has 2 rings (SSSR count). The van der Waals surface area contributed by atoms with Gasteiger partial charge in [-0.1, -0.05) is 6.07 Å². The van der Waals surface area contributed by atoms with E-state index >= 15 is 0 Å². The molecule has 1 N–H and O–H groups in total. The molecule has 0 atom stereocenters. The molecule has 0 unspecified atom stereocenters. The summed E-state index contributed by atoms with van der Waals surface area (Å²) in [7, 11) is 0. The summed E-state index contributed by atoms with van der Waals surface area (Å²) in [5.74, 6) is 0.290. The fourth-order valence-electron chi connectivity index (χ4n) is 1.30. The van der Waals surface area contributed by atoms with E-state index in [9.17, 15) is 5.11 Å². The molecule has 60 valence electrons. The third-order valence-corrected chi connectivity index (χ3v) is 1.95. The van der Waals surface area contributed by atoms with Gasteiger partial charge in [0.15, 0.2) is 0 Å². The molecular weight excluding hydrogens is 150 g/mol. The second kappa shape index (κ2) is 2.48. The number of aromatic hydroxyl groups is 1. The molecule has 0 saturated carbocycles. The number of phenolic OH excluding ortho intramolecular Hbond substituents is 1. The fraction of sp³-hybridized carbons (Fsp3) is 0.100. The zero-order valence-electron chi connectivity index (χ0n) is 6.78. The van der Waals surface area contributed by atoms with E-state index in [0.717, 1.165) is 16.5 Å². The first-order valence-corrected chi connectivity index (χ1v) is 3.82. The van der Waals surface area contributed by atoms with Crippen LogP contribution in [-0.2, 0) is 0 Å². The van der Waals surface area contributed by atoms with Crippen LogP contribution in [0.25, 0.3) is 10.8 Å². The second-order valence-corrected chi connectivity index (χ2v) is 2.80. The van der Waals surface area contributed by atoms with Crippen molar-refractivity contribution < 1.29 is 5.11 Å². The van der Waals surface area contributed by atoms with Gasteiger partial charge in [0.25, 0.3) is 0 Å². The molecule has 2 heteroatoms. The fourth-order valence-corrected chi connectivity index (χ4v) is 1.30. The summed E-state index contributed by atoms with van der Waals surface area (Å²) in [5, 5.41) is 11.3. The van der Waals surface area contributed by atoms with Crippen molar-refractivity contribution in [3.05, 3.63) is 36.2 Å². The second-order valence-electron chi connectivity index (χ2n) is 2.80. The lowest BCUT2D eigenvalue weighted by Gasteiger charge is -2.00. The molecule has 0 fully saturated rings. The van der Waals surface area contributed by atoms with Gasteiger partial charge in [-0.05, 0) is 30.5 Å². The van der Waals surface area contributed by atoms with Crippen LogP contribution in [0, 0.1) is 6.92 Å². The number of aryl methyl sites for hydroxylation is 1. The Bertz CT molecular complexity index is 423. The van der Waals surface area contributed by atoms with Crippen molar-refractivity contribution in [1.82, 2.24) is 4.98 Å². The van der Waals surface area contributed by atoms with Crippen LogP contribution in [0.15, 0.2) is 30.5 Å². The lowest BCUT2D eigenvalue weighted by atomic mass is 10.1. The monoisotopic (exact) mass is 159 g/mol. The molecule has 12 heavy (non-hydrogen) atoms. The van der Waals surface area contributed by atoms with Crippen molar-refractivity contribution in [2.75, 3.05) is 0 Å². The van der Waals surface area contributed by atoms with E-state index in [1.54, 1.807) is 18.3 Å². The average Bonchev–Trinajstić information content (AvgIpc) is 2.07. The van der Waals surface area contributed by atoms with Gasteiger partial charge in [0.1, 0.15) is 5.75 Å². The van der Waals surface area contributed by atoms with Gasteiger partial charge in [-0.3, -0.25) is 4.98 Å². The van der Waals surface area contributed by atoms with E-state index in [-0.39, 0.29) is 0 Å². The highest BCUT2D eigenvalue weighted by molar-refractivity contribution is 5.85. The van der Waals surface area contributed by atoms with E-state index in [0.29, 0.717) is 5.75 Å². The largest absolute Gasteiger partial charge is 0.508 e. The highest BCUT2D eigenvalue weighted by atomic mass is 16.3. The van der Waals surface area contributed by atoms with Gasteiger partial charge in [-0.2, -0.15) is 0 Å². The predicted octanol–water partition coefficient (Wildman–Crippen LogP) is 2.25. The van der Waals surface area contributed by atoms with Crippen LogP contribution in [0.4, 0.5) is 0 Å². The number of pyridine rings is 1. The zero-order chi connectivity index (χ0) is 8.55. The summed E-state index contributed by atoms with van der Waals surface area (Å²) in [6.45, 7) is 1.93.